The molecule has 2 aromatic heterocycles. The van der Waals surface area contributed by atoms with Gasteiger partial charge in [0.2, 0.25) is 5.88 Å². The van der Waals surface area contributed by atoms with Gasteiger partial charge in [0.25, 0.3) is 0 Å². The van der Waals surface area contributed by atoms with Gasteiger partial charge in [0.15, 0.2) is 0 Å². The summed E-state index contributed by atoms with van der Waals surface area (Å²) in [6.45, 7) is 0.683. The number of ether oxygens (including phenoxy) is 1. The molecule has 0 atom stereocenters. The fourth-order valence-electron chi connectivity index (χ4n) is 1.41. The van der Waals surface area contributed by atoms with Gasteiger partial charge in [0.1, 0.15) is 5.82 Å². The average molecular weight is 230 g/mol. The van der Waals surface area contributed by atoms with E-state index in [0.717, 1.165) is 11.4 Å². The molecule has 2 heterocycles. The molecule has 17 heavy (non-hydrogen) atoms. The molecular formula is C12H14N4O. The van der Waals surface area contributed by atoms with Crippen LogP contribution in [-0.2, 0) is 6.54 Å². The van der Waals surface area contributed by atoms with Crippen LogP contribution in [0.2, 0.25) is 0 Å². The molecule has 0 radical (unpaired) electrons. The van der Waals surface area contributed by atoms with E-state index in [1.54, 1.807) is 25.6 Å². The van der Waals surface area contributed by atoms with Crippen molar-refractivity contribution in [2.75, 3.05) is 18.2 Å². The van der Waals surface area contributed by atoms with Crippen molar-refractivity contribution in [1.29, 1.82) is 0 Å². The van der Waals surface area contributed by atoms with Crippen molar-refractivity contribution in [3.8, 4) is 5.88 Å². The van der Waals surface area contributed by atoms with Crippen LogP contribution >= 0.6 is 0 Å². The van der Waals surface area contributed by atoms with Crippen molar-refractivity contribution in [2.24, 2.45) is 0 Å². The number of aromatic nitrogens is 2. The summed E-state index contributed by atoms with van der Waals surface area (Å²) < 4.78 is 5.05. The predicted octanol–water partition coefficient (Wildman–Crippen LogP) is 1.68. The first-order valence-corrected chi connectivity index (χ1v) is 5.23. The van der Waals surface area contributed by atoms with Crippen LogP contribution in [0.3, 0.4) is 0 Å². The fraction of sp³-hybridized carbons (Fsp3) is 0.167. The van der Waals surface area contributed by atoms with Crippen molar-refractivity contribution in [3.05, 3.63) is 42.2 Å². The monoisotopic (exact) mass is 230 g/mol. The molecule has 0 unspecified atom stereocenters. The van der Waals surface area contributed by atoms with Gasteiger partial charge in [0, 0.05) is 18.9 Å². The highest BCUT2D eigenvalue weighted by atomic mass is 16.5. The third kappa shape index (κ3) is 2.84. The molecule has 0 bridgehead atoms. The number of hydrogen-bond donors (Lipinski definition) is 2. The topological polar surface area (TPSA) is 73.1 Å². The van der Waals surface area contributed by atoms with Crippen LogP contribution in [0.15, 0.2) is 36.7 Å². The molecule has 2 aromatic rings. The molecule has 5 heteroatoms. The zero-order valence-corrected chi connectivity index (χ0v) is 9.55. The Kier molecular flexibility index (Phi) is 3.40. The second kappa shape index (κ2) is 5.16. The number of rotatable bonds is 4. The normalized spacial score (nSPS) is 9.94. The smallest absolute Gasteiger partial charge is 0.238 e. The molecule has 88 valence electrons. The zero-order chi connectivity index (χ0) is 12.1. The number of pyridine rings is 2. The molecule has 0 aromatic carbocycles. The van der Waals surface area contributed by atoms with E-state index >= 15 is 0 Å². The molecule has 0 saturated carbocycles. The minimum absolute atomic E-state index is 0.435. The van der Waals surface area contributed by atoms with Crippen LogP contribution in [0.4, 0.5) is 11.5 Å². The maximum atomic E-state index is 5.68. The number of nitrogens with one attached hydrogen (secondary N) is 1. The molecule has 0 amide bonds. The molecule has 5 nitrogen and oxygen atoms in total. The molecule has 2 rings (SSSR count). The summed E-state index contributed by atoms with van der Waals surface area (Å²) in [7, 11) is 1.55. The van der Waals surface area contributed by atoms with Crippen molar-refractivity contribution in [3.63, 3.8) is 0 Å². The largest absolute Gasteiger partial charge is 0.479 e. The lowest BCUT2D eigenvalue weighted by Crippen LogP contribution is -2.03. The third-order valence-electron chi connectivity index (χ3n) is 2.31. The van der Waals surface area contributed by atoms with Gasteiger partial charge >= 0.3 is 0 Å². The summed E-state index contributed by atoms with van der Waals surface area (Å²) in [6, 6.07) is 7.48. The van der Waals surface area contributed by atoms with Gasteiger partial charge in [-0.15, -0.1) is 0 Å². The molecule has 0 aliphatic carbocycles. The Hall–Kier alpha value is -2.30. The van der Waals surface area contributed by atoms with Crippen LogP contribution in [0, 0.1) is 0 Å². The van der Waals surface area contributed by atoms with E-state index in [0.29, 0.717) is 18.1 Å². The van der Waals surface area contributed by atoms with Gasteiger partial charge in [-0.3, -0.25) is 4.98 Å². The summed E-state index contributed by atoms with van der Waals surface area (Å²) >= 11 is 0. The van der Waals surface area contributed by atoms with Crippen LogP contribution in [-0.4, -0.2) is 17.1 Å². The first kappa shape index (κ1) is 11.2. The van der Waals surface area contributed by atoms with Crippen LogP contribution in [0.1, 0.15) is 5.56 Å². The molecule has 0 aliphatic rings. The number of nitrogens with two attached hydrogens (primary N) is 1. The maximum absolute atomic E-state index is 5.68. The Balaban J connectivity index is 2.04. The SMILES string of the molecule is COc1nc(NCc2ccncc2)ccc1N. The van der Waals surface area contributed by atoms with Crippen LogP contribution < -0.4 is 15.8 Å². The average Bonchev–Trinajstić information content (AvgIpc) is 2.39. The fourth-order valence-corrected chi connectivity index (χ4v) is 1.41. The summed E-state index contributed by atoms with van der Waals surface area (Å²) in [6.07, 6.45) is 3.52. The van der Waals surface area contributed by atoms with E-state index < -0.39 is 0 Å². The minimum Gasteiger partial charge on any atom is -0.479 e. The van der Waals surface area contributed by atoms with Crippen molar-refractivity contribution < 1.29 is 4.74 Å². The number of nitrogen functional groups attached to an aromatic ring is 1. The summed E-state index contributed by atoms with van der Waals surface area (Å²) in [5, 5.41) is 3.19. The van der Waals surface area contributed by atoms with E-state index in [1.807, 2.05) is 18.2 Å². The minimum atomic E-state index is 0.435. The highest BCUT2D eigenvalue weighted by Crippen LogP contribution is 2.20. The lowest BCUT2D eigenvalue weighted by molar-refractivity contribution is 0.401. The number of anilines is 2. The predicted molar refractivity (Wildman–Crippen MR) is 66.8 cm³/mol. The van der Waals surface area contributed by atoms with E-state index in [1.165, 1.54) is 0 Å². The van der Waals surface area contributed by atoms with Gasteiger partial charge in [-0.05, 0) is 29.8 Å². The summed E-state index contributed by atoms with van der Waals surface area (Å²) in [5.41, 5.74) is 7.35. The van der Waals surface area contributed by atoms with Gasteiger partial charge < -0.3 is 15.8 Å². The van der Waals surface area contributed by atoms with E-state index in [-0.39, 0.29) is 0 Å². The molecule has 3 N–H and O–H groups in total. The van der Waals surface area contributed by atoms with Crippen molar-refractivity contribution in [2.45, 2.75) is 6.54 Å². The molecule has 0 fully saturated rings. The Morgan fingerprint density at radius 2 is 2.00 bits per heavy atom. The lowest BCUT2D eigenvalue weighted by atomic mass is 10.3. The Morgan fingerprint density at radius 3 is 2.71 bits per heavy atom. The summed E-state index contributed by atoms with van der Waals surface area (Å²) in [5.74, 6) is 1.16. The van der Waals surface area contributed by atoms with Crippen LogP contribution in [0.25, 0.3) is 0 Å². The Bertz CT molecular complexity index is 487. The van der Waals surface area contributed by atoms with E-state index in [2.05, 4.69) is 15.3 Å². The zero-order valence-electron chi connectivity index (χ0n) is 9.55. The number of hydrogen-bond acceptors (Lipinski definition) is 5. The molecule has 0 aliphatic heterocycles. The van der Waals surface area contributed by atoms with Gasteiger partial charge in [-0.1, -0.05) is 0 Å². The molecular weight excluding hydrogens is 216 g/mol. The van der Waals surface area contributed by atoms with Gasteiger partial charge in [-0.25, -0.2) is 0 Å². The van der Waals surface area contributed by atoms with E-state index in [9.17, 15) is 0 Å². The lowest BCUT2D eigenvalue weighted by Gasteiger charge is -2.08. The Morgan fingerprint density at radius 1 is 1.24 bits per heavy atom. The second-order valence-corrected chi connectivity index (χ2v) is 3.50. The molecule has 0 saturated heterocycles. The quantitative estimate of drug-likeness (QED) is 0.836. The maximum Gasteiger partial charge on any atom is 0.238 e. The summed E-state index contributed by atoms with van der Waals surface area (Å²) in [4.78, 5) is 8.19. The first-order valence-electron chi connectivity index (χ1n) is 5.23. The van der Waals surface area contributed by atoms with E-state index in [4.69, 9.17) is 10.5 Å². The van der Waals surface area contributed by atoms with Crippen molar-refractivity contribution >= 4 is 11.5 Å². The third-order valence-corrected chi connectivity index (χ3v) is 2.31. The van der Waals surface area contributed by atoms with Crippen molar-refractivity contribution in [1.82, 2.24) is 9.97 Å². The number of nitrogens with zero attached hydrogens (tertiary/aromatic N) is 2. The second-order valence-electron chi connectivity index (χ2n) is 3.50. The first-order chi connectivity index (χ1) is 8.29. The number of methoxy groups -OCH3 is 1. The van der Waals surface area contributed by atoms with Gasteiger partial charge in [-0.2, -0.15) is 4.98 Å². The highest BCUT2D eigenvalue weighted by molar-refractivity contribution is 5.53. The highest BCUT2D eigenvalue weighted by Gasteiger charge is 2.02. The Labute approximate surface area is 99.7 Å². The van der Waals surface area contributed by atoms with Crippen LogP contribution in [0.5, 0.6) is 5.88 Å². The van der Waals surface area contributed by atoms with Gasteiger partial charge in [0.05, 0.1) is 12.8 Å². The molecule has 0 spiro atoms. The standard InChI is InChI=1S/C12H14N4O/c1-17-12-10(13)2-3-11(16-12)15-8-9-4-6-14-7-5-9/h2-7H,8,13H2,1H3,(H,15,16).